The lowest BCUT2D eigenvalue weighted by Crippen LogP contribution is -2.26. The maximum absolute atomic E-state index is 12.4. The van der Waals surface area contributed by atoms with Crippen molar-refractivity contribution in [1.82, 2.24) is 15.1 Å². The van der Waals surface area contributed by atoms with E-state index >= 15 is 0 Å². The highest BCUT2D eigenvalue weighted by Gasteiger charge is 2.19. The number of amides is 1. The smallest absolute Gasteiger partial charge is 0.305 e. The van der Waals surface area contributed by atoms with Crippen LogP contribution in [0.4, 0.5) is 0 Å². The van der Waals surface area contributed by atoms with Crippen LogP contribution in [0.5, 0.6) is 17.2 Å². The fraction of sp³-hybridized carbons (Fsp3) is 0.156. The van der Waals surface area contributed by atoms with E-state index in [9.17, 15) is 19.8 Å². The molecule has 0 aliphatic heterocycles. The molecule has 0 aliphatic carbocycles. The number of hydrogen-bond acceptors (Lipinski definition) is 6. The summed E-state index contributed by atoms with van der Waals surface area (Å²) in [6.07, 6.45) is -0.148. The Morgan fingerprint density at radius 2 is 1.56 bits per heavy atom. The number of aromatic nitrogens is 2. The van der Waals surface area contributed by atoms with Gasteiger partial charge in [0.15, 0.2) is 0 Å². The van der Waals surface area contributed by atoms with E-state index in [1.807, 2.05) is 60.1 Å². The molecule has 0 aliphatic rings. The van der Waals surface area contributed by atoms with Crippen LogP contribution in [-0.2, 0) is 4.79 Å². The van der Waals surface area contributed by atoms with Gasteiger partial charge in [0.2, 0.25) is 0 Å². The monoisotopic (exact) mass is 551 g/mol. The quantitative estimate of drug-likeness (QED) is 0.187. The molecule has 5 rings (SSSR count). The van der Waals surface area contributed by atoms with Gasteiger partial charge in [-0.2, -0.15) is 5.10 Å². The van der Waals surface area contributed by atoms with E-state index in [2.05, 4.69) is 11.4 Å². The molecule has 1 atom stereocenters. The Kier molecular flexibility index (Phi) is 7.60. The van der Waals surface area contributed by atoms with E-state index < -0.39 is 5.97 Å². The summed E-state index contributed by atoms with van der Waals surface area (Å²) in [5, 5.41) is 38.5. The van der Waals surface area contributed by atoms with Crippen molar-refractivity contribution in [2.75, 3.05) is 13.7 Å². The van der Waals surface area contributed by atoms with E-state index in [4.69, 9.17) is 14.9 Å². The molecule has 4 aromatic carbocycles. The number of aromatic hydroxyl groups is 2. The van der Waals surface area contributed by atoms with Crippen LogP contribution in [0, 0.1) is 0 Å². The van der Waals surface area contributed by atoms with Crippen LogP contribution in [0.1, 0.15) is 35.3 Å². The summed E-state index contributed by atoms with van der Waals surface area (Å²) >= 11 is 0. The minimum absolute atomic E-state index is 0.0505. The van der Waals surface area contributed by atoms with Crippen LogP contribution < -0.4 is 10.1 Å². The molecule has 0 bridgehead atoms. The molecule has 1 amide bonds. The van der Waals surface area contributed by atoms with Crippen LogP contribution in [0.15, 0.2) is 84.9 Å². The van der Waals surface area contributed by atoms with Gasteiger partial charge < -0.3 is 25.4 Å². The van der Waals surface area contributed by atoms with Gasteiger partial charge in [0.25, 0.3) is 5.91 Å². The highest BCUT2D eigenvalue weighted by Crippen LogP contribution is 2.35. The first-order valence-corrected chi connectivity index (χ1v) is 13.0. The van der Waals surface area contributed by atoms with Crippen LogP contribution in [0.2, 0.25) is 0 Å². The molecule has 0 spiro atoms. The van der Waals surface area contributed by atoms with Gasteiger partial charge in [-0.15, -0.1) is 0 Å². The van der Waals surface area contributed by atoms with E-state index in [1.54, 1.807) is 31.4 Å². The Bertz CT molecular complexity index is 1720. The van der Waals surface area contributed by atoms with Gasteiger partial charge in [-0.1, -0.05) is 30.3 Å². The zero-order valence-electron chi connectivity index (χ0n) is 22.5. The summed E-state index contributed by atoms with van der Waals surface area (Å²) in [4.78, 5) is 23.1. The molecule has 0 saturated carbocycles. The normalized spacial score (nSPS) is 11.8. The SMILES string of the molecule is COc1ccc2cc(-c3cc(-c4cc(O)cc(O)c4)nn3[C@@H](C)c3ccc(C(=O)NCCC(=O)O)cc3)ccc2c1. The van der Waals surface area contributed by atoms with Crippen molar-refractivity contribution in [3.63, 3.8) is 0 Å². The molecular formula is C32H29N3O6. The van der Waals surface area contributed by atoms with Gasteiger partial charge in [-0.25, -0.2) is 0 Å². The lowest BCUT2D eigenvalue weighted by atomic mass is 10.0. The minimum Gasteiger partial charge on any atom is -0.508 e. The maximum Gasteiger partial charge on any atom is 0.305 e. The lowest BCUT2D eigenvalue weighted by molar-refractivity contribution is -0.136. The van der Waals surface area contributed by atoms with Crippen molar-refractivity contribution >= 4 is 22.6 Å². The lowest BCUT2D eigenvalue weighted by Gasteiger charge is -2.17. The molecule has 208 valence electrons. The number of aliphatic carboxylic acids is 1. The van der Waals surface area contributed by atoms with Crippen LogP contribution in [0.25, 0.3) is 33.3 Å². The highest BCUT2D eigenvalue weighted by atomic mass is 16.5. The average molecular weight is 552 g/mol. The minimum atomic E-state index is -0.976. The van der Waals surface area contributed by atoms with E-state index in [-0.39, 0.29) is 36.4 Å². The predicted octanol–water partition coefficient (Wildman–Crippen LogP) is 5.60. The van der Waals surface area contributed by atoms with Gasteiger partial charge in [0, 0.05) is 29.3 Å². The molecule has 5 aromatic rings. The number of nitrogens with one attached hydrogen (secondary N) is 1. The maximum atomic E-state index is 12.4. The number of carboxylic acid groups (broad SMARTS) is 1. The number of phenols is 2. The number of methoxy groups -OCH3 is 1. The van der Waals surface area contributed by atoms with Gasteiger partial charge in [0.05, 0.1) is 31.0 Å². The molecule has 9 heteroatoms. The summed E-state index contributed by atoms with van der Waals surface area (Å²) in [6, 6.07) is 25.1. The molecule has 1 heterocycles. The number of carbonyl (C=O) groups excluding carboxylic acids is 1. The van der Waals surface area contributed by atoms with Gasteiger partial charge in [-0.05, 0) is 71.8 Å². The Hall–Kier alpha value is -5.31. The largest absolute Gasteiger partial charge is 0.508 e. The van der Waals surface area contributed by atoms with Crippen molar-refractivity contribution in [3.8, 4) is 39.8 Å². The zero-order chi connectivity index (χ0) is 29.1. The molecule has 9 nitrogen and oxygen atoms in total. The third-order valence-corrected chi connectivity index (χ3v) is 6.92. The van der Waals surface area contributed by atoms with Crippen molar-refractivity contribution in [2.45, 2.75) is 19.4 Å². The molecule has 0 saturated heterocycles. The van der Waals surface area contributed by atoms with Gasteiger partial charge in [0.1, 0.15) is 17.2 Å². The number of fused-ring (bicyclic) bond motifs is 1. The molecule has 0 radical (unpaired) electrons. The second-order valence-electron chi connectivity index (χ2n) is 9.72. The average Bonchev–Trinajstić information content (AvgIpc) is 3.41. The standard InChI is InChI=1S/C32H29N3O6/c1-19(20-3-5-21(6-4-20)32(40)33-12-11-31(38)39)35-30(18-29(34-35)25-14-26(36)17-27(37)15-25)24-8-7-23-16-28(41-2)10-9-22(23)13-24/h3-10,13-19,36-37H,11-12H2,1-2H3,(H,33,40)(H,38,39)/t19-/m0/s1. The van der Waals surface area contributed by atoms with Gasteiger partial charge in [-0.3, -0.25) is 14.3 Å². The number of phenolic OH excluding ortho intramolecular Hbond substituents is 2. The molecule has 4 N–H and O–H groups in total. The number of benzene rings is 4. The zero-order valence-corrected chi connectivity index (χ0v) is 22.5. The van der Waals surface area contributed by atoms with Crippen molar-refractivity contribution in [2.24, 2.45) is 0 Å². The number of nitrogens with zero attached hydrogens (tertiary/aromatic N) is 2. The third kappa shape index (κ3) is 5.99. The number of carbonyl (C=O) groups is 2. The van der Waals surface area contributed by atoms with Gasteiger partial charge >= 0.3 is 5.97 Å². The topological polar surface area (TPSA) is 134 Å². The van der Waals surface area contributed by atoms with E-state index in [0.717, 1.165) is 33.3 Å². The van der Waals surface area contributed by atoms with Crippen LogP contribution in [-0.4, -0.2) is 50.6 Å². The van der Waals surface area contributed by atoms with Crippen molar-refractivity contribution in [1.29, 1.82) is 0 Å². The molecule has 0 unspecified atom stereocenters. The fourth-order valence-electron chi connectivity index (χ4n) is 4.74. The Morgan fingerprint density at radius 1 is 0.878 bits per heavy atom. The van der Waals surface area contributed by atoms with Crippen molar-refractivity contribution in [3.05, 3.63) is 96.1 Å². The predicted molar refractivity (Wildman–Crippen MR) is 155 cm³/mol. The summed E-state index contributed by atoms with van der Waals surface area (Å²) in [5.41, 5.74) is 4.20. The molecular weight excluding hydrogens is 522 g/mol. The number of rotatable bonds is 9. The summed E-state index contributed by atoms with van der Waals surface area (Å²) in [6.45, 7) is 2.04. The first-order valence-electron chi connectivity index (χ1n) is 13.0. The fourth-order valence-corrected chi connectivity index (χ4v) is 4.74. The Balaban J connectivity index is 1.53. The second kappa shape index (κ2) is 11.4. The first kappa shape index (κ1) is 27.3. The summed E-state index contributed by atoms with van der Waals surface area (Å²) in [5.74, 6) is -0.684. The Labute approximate surface area is 236 Å². The number of ether oxygens (including phenoxy) is 1. The third-order valence-electron chi connectivity index (χ3n) is 6.92. The summed E-state index contributed by atoms with van der Waals surface area (Å²) < 4.78 is 7.23. The summed E-state index contributed by atoms with van der Waals surface area (Å²) in [7, 11) is 1.63. The Morgan fingerprint density at radius 3 is 2.24 bits per heavy atom. The van der Waals surface area contributed by atoms with Crippen LogP contribution >= 0.6 is 0 Å². The molecule has 0 fully saturated rings. The second-order valence-corrected chi connectivity index (χ2v) is 9.72. The molecule has 41 heavy (non-hydrogen) atoms. The highest BCUT2D eigenvalue weighted by molar-refractivity contribution is 5.94. The van der Waals surface area contributed by atoms with E-state index in [1.165, 1.54) is 6.07 Å². The van der Waals surface area contributed by atoms with E-state index in [0.29, 0.717) is 16.8 Å². The van der Waals surface area contributed by atoms with Crippen LogP contribution in [0.3, 0.4) is 0 Å². The number of carboxylic acids is 1. The molecule has 1 aromatic heterocycles. The first-order chi connectivity index (χ1) is 19.7. The number of hydrogen-bond donors (Lipinski definition) is 4. The van der Waals surface area contributed by atoms with Crippen molar-refractivity contribution < 1.29 is 29.6 Å².